The number of benzene rings is 1. The smallest absolute Gasteiger partial charge is 0.273 e. The zero-order chi connectivity index (χ0) is 19.7. The van der Waals surface area contributed by atoms with Crippen LogP contribution < -0.4 is 15.6 Å². The number of carbonyl (C=O) groups excluding carboxylic acids is 2. The van der Waals surface area contributed by atoms with E-state index in [1.807, 2.05) is 6.92 Å². The number of halogens is 1. The largest absolute Gasteiger partial charge is 0.496 e. The van der Waals surface area contributed by atoms with Gasteiger partial charge in [0.15, 0.2) is 5.65 Å². The molecule has 0 aliphatic carbocycles. The van der Waals surface area contributed by atoms with Crippen LogP contribution in [0.4, 0.5) is 0 Å². The zero-order valence-electron chi connectivity index (χ0n) is 15.3. The predicted octanol–water partition coefficient (Wildman–Crippen LogP) is 2.32. The normalized spacial score (nSPS) is 10.7. The summed E-state index contributed by atoms with van der Waals surface area (Å²) in [7, 11) is 3.24. The van der Waals surface area contributed by atoms with Gasteiger partial charge in [0.05, 0.1) is 29.6 Å². The summed E-state index contributed by atoms with van der Waals surface area (Å²) in [6.45, 7) is 3.56. The summed E-state index contributed by atoms with van der Waals surface area (Å²) in [5.74, 6) is -0.692. The summed E-state index contributed by atoms with van der Waals surface area (Å²) < 4.78 is 6.80. The van der Waals surface area contributed by atoms with E-state index in [-0.39, 0.29) is 5.56 Å². The van der Waals surface area contributed by atoms with Crippen molar-refractivity contribution in [2.75, 3.05) is 7.11 Å². The highest BCUT2D eigenvalue weighted by Crippen LogP contribution is 2.22. The third kappa shape index (κ3) is 3.56. The number of ether oxygens (including phenoxy) is 1. The molecule has 0 unspecified atom stereocenters. The molecule has 0 fully saturated rings. The molecule has 2 aromatic heterocycles. The van der Waals surface area contributed by atoms with Crippen molar-refractivity contribution in [3.05, 3.63) is 51.8 Å². The quantitative estimate of drug-likeness (QED) is 0.672. The lowest BCUT2D eigenvalue weighted by Gasteiger charge is -2.11. The molecule has 9 heteroatoms. The van der Waals surface area contributed by atoms with Crippen LogP contribution in [-0.2, 0) is 7.05 Å². The average Bonchev–Trinajstić information content (AvgIpc) is 2.91. The van der Waals surface area contributed by atoms with Gasteiger partial charge >= 0.3 is 0 Å². The molecule has 3 rings (SSSR count). The van der Waals surface area contributed by atoms with Crippen molar-refractivity contribution < 1.29 is 14.3 Å². The van der Waals surface area contributed by atoms with Crippen LogP contribution in [-0.4, -0.2) is 33.7 Å². The summed E-state index contributed by atoms with van der Waals surface area (Å²) in [6, 6.07) is 6.35. The van der Waals surface area contributed by atoms with Crippen molar-refractivity contribution in [3.63, 3.8) is 0 Å². The van der Waals surface area contributed by atoms with Crippen LogP contribution in [0.5, 0.6) is 5.75 Å². The number of aryl methyl sites for hydroxylation is 3. The molecule has 0 saturated carbocycles. The van der Waals surface area contributed by atoms with Crippen LogP contribution in [0.2, 0.25) is 5.02 Å². The van der Waals surface area contributed by atoms with Gasteiger partial charge in [-0.15, -0.1) is 0 Å². The maximum atomic E-state index is 12.5. The maximum absolute atomic E-state index is 12.5. The van der Waals surface area contributed by atoms with Gasteiger partial charge in [-0.3, -0.25) is 25.1 Å². The van der Waals surface area contributed by atoms with Crippen molar-refractivity contribution in [3.8, 4) is 5.75 Å². The first kappa shape index (κ1) is 18.7. The first-order valence-corrected chi connectivity index (χ1v) is 8.44. The molecule has 0 aliphatic heterocycles. The Morgan fingerprint density at radius 3 is 2.41 bits per heavy atom. The van der Waals surface area contributed by atoms with Gasteiger partial charge in [0.25, 0.3) is 11.8 Å². The lowest BCUT2D eigenvalue weighted by Crippen LogP contribution is -2.42. The summed E-state index contributed by atoms with van der Waals surface area (Å²) in [6.07, 6.45) is 0. The number of nitrogens with zero attached hydrogens (tertiary/aromatic N) is 3. The predicted molar refractivity (Wildman–Crippen MR) is 101 cm³/mol. The molecule has 1 aromatic carbocycles. The van der Waals surface area contributed by atoms with Gasteiger partial charge in [-0.05, 0) is 38.1 Å². The highest BCUT2D eigenvalue weighted by Gasteiger charge is 2.18. The molecule has 0 radical (unpaired) electrons. The van der Waals surface area contributed by atoms with Gasteiger partial charge in [-0.25, -0.2) is 4.98 Å². The highest BCUT2D eigenvalue weighted by molar-refractivity contribution is 6.31. The standard InChI is InChI=1S/C18H18ClN5O3/c1-9-13(8-12-10(2)23-24(3)16(12)20-9)17(25)21-22-18(26)14-7-11(19)5-6-15(14)27-4/h5-8H,1-4H3,(H,21,25)(H,22,26). The van der Waals surface area contributed by atoms with Gasteiger partial charge < -0.3 is 4.74 Å². The number of pyridine rings is 1. The van der Waals surface area contributed by atoms with E-state index in [0.29, 0.717) is 27.7 Å². The molecule has 3 aromatic rings. The van der Waals surface area contributed by atoms with Crippen molar-refractivity contribution in [2.45, 2.75) is 13.8 Å². The minimum Gasteiger partial charge on any atom is -0.496 e. The van der Waals surface area contributed by atoms with E-state index in [4.69, 9.17) is 16.3 Å². The molecule has 8 nitrogen and oxygen atoms in total. The summed E-state index contributed by atoms with van der Waals surface area (Å²) in [5, 5.41) is 5.45. The molecule has 0 saturated heterocycles. The van der Waals surface area contributed by atoms with E-state index in [1.165, 1.54) is 13.2 Å². The van der Waals surface area contributed by atoms with Crippen molar-refractivity contribution in [1.29, 1.82) is 0 Å². The first-order valence-electron chi connectivity index (χ1n) is 8.07. The summed E-state index contributed by atoms with van der Waals surface area (Å²) in [4.78, 5) is 29.3. The zero-order valence-corrected chi connectivity index (χ0v) is 16.0. The molecule has 0 bridgehead atoms. The summed E-state index contributed by atoms with van der Waals surface area (Å²) >= 11 is 5.93. The van der Waals surface area contributed by atoms with Crippen molar-refractivity contribution >= 4 is 34.4 Å². The van der Waals surface area contributed by atoms with Gasteiger partial charge in [0, 0.05) is 17.5 Å². The van der Waals surface area contributed by atoms with Gasteiger partial charge in [-0.1, -0.05) is 11.6 Å². The third-order valence-corrected chi connectivity index (χ3v) is 4.36. The Kier molecular flexibility index (Phi) is 5.00. The van der Waals surface area contributed by atoms with Crippen LogP contribution in [0.25, 0.3) is 11.0 Å². The Hall–Kier alpha value is -3.13. The second kappa shape index (κ2) is 7.24. The topological polar surface area (TPSA) is 98.1 Å². The number of amides is 2. The van der Waals surface area contributed by atoms with Crippen LogP contribution in [0.1, 0.15) is 32.1 Å². The maximum Gasteiger partial charge on any atom is 0.273 e. The van der Waals surface area contributed by atoms with Crippen LogP contribution in [0.3, 0.4) is 0 Å². The number of aromatic nitrogens is 3. The lowest BCUT2D eigenvalue weighted by molar-refractivity contribution is 0.0844. The number of nitrogens with one attached hydrogen (secondary N) is 2. The highest BCUT2D eigenvalue weighted by atomic mass is 35.5. The molecule has 2 amide bonds. The molecule has 27 heavy (non-hydrogen) atoms. The Morgan fingerprint density at radius 2 is 1.74 bits per heavy atom. The van der Waals surface area contributed by atoms with Gasteiger partial charge in [0.1, 0.15) is 5.75 Å². The van der Waals surface area contributed by atoms with Gasteiger partial charge in [-0.2, -0.15) is 5.10 Å². The Labute approximate surface area is 160 Å². The van der Waals surface area contributed by atoms with Crippen molar-refractivity contribution in [2.24, 2.45) is 7.05 Å². The number of fused-ring (bicyclic) bond motifs is 1. The molecule has 140 valence electrons. The number of rotatable bonds is 3. The number of hydrogen-bond acceptors (Lipinski definition) is 5. The van der Waals surface area contributed by atoms with E-state index >= 15 is 0 Å². The minimum absolute atomic E-state index is 0.207. The monoisotopic (exact) mass is 387 g/mol. The second-order valence-electron chi connectivity index (χ2n) is 5.95. The Morgan fingerprint density at radius 1 is 1.07 bits per heavy atom. The summed E-state index contributed by atoms with van der Waals surface area (Å²) in [5.41, 5.74) is 7.30. The third-order valence-electron chi connectivity index (χ3n) is 4.13. The Balaban J connectivity index is 1.81. The van der Waals surface area contributed by atoms with E-state index in [2.05, 4.69) is 20.9 Å². The molecule has 2 N–H and O–H groups in total. The molecular formula is C18H18ClN5O3. The number of hydrazine groups is 1. The number of hydrogen-bond donors (Lipinski definition) is 2. The molecule has 0 atom stereocenters. The fourth-order valence-electron chi connectivity index (χ4n) is 2.77. The molecule has 0 spiro atoms. The number of carbonyl (C=O) groups is 2. The van der Waals surface area contributed by atoms with Crippen molar-refractivity contribution in [1.82, 2.24) is 25.6 Å². The molecule has 2 heterocycles. The lowest BCUT2D eigenvalue weighted by atomic mass is 10.1. The molecular weight excluding hydrogens is 370 g/mol. The van der Waals surface area contributed by atoms with E-state index < -0.39 is 11.8 Å². The van der Waals surface area contributed by atoms with E-state index in [0.717, 1.165) is 11.1 Å². The minimum atomic E-state index is -0.549. The SMILES string of the molecule is COc1ccc(Cl)cc1C(=O)NNC(=O)c1cc2c(C)nn(C)c2nc1C. The Bertz CT molecular complexity index is 1060. The fourth-order valence-corrected chi connectivity index (χ4v) is 2.94. The van der Waals surface area contributed by atoms with Gasteiger partial charge in [0.2, 0.25) is 0 Å². The van der Waals surface area contributed by atoms with Crippen LogP contribution >= 0.6 is 11.6 Å². The number of methoxy groups -OCH3 is 1. The van der Waals surface area contributed by atoms with E-state index in [1.54, 1.807) is 36.9 Å². The van der Waals surface area contributed by atoms with Crippen LogP contribution in [0.15, 0.2) is 24.3 Å². The molecule has 0 aliphatic rings. The van der Waals surface area contributed by atoms with E-state index in [9.17, 15) is 9.59 Å². The average molecular weight is 388 g/mol. The fraction of sp³-hybridized carbons (Fsp3) is 0.222. The second-order valence-corrected chi connectivity index (χ2v) is 6.39. The first-order chi connectivity index (χ1) is 12.8. The van der Waals surface area contributed by atoms with Crippen LogP contribution in [0, 0.1) is 13.8 Å².